The molecule has 4 aromatic rings. The first-order chi connectivity index (χ1) is 20.1. The van der Waals surface area contributed by atoms with E-state index < -0.39 is 11.7 Å². The number of fused-ring (bicyclic) bond motifs is 1. The number of nitrogens with zero attached hydrogens (tertiary/aromatic N) is 5. The molecule has 0 aliphatic carbocycles. The van der Waals surface area contributed by atoms with Crippen molar-refractivity contribution in [2.45, 2.75) is 19.0 Å². The molecule has 222 valence electrons. The highest BCUT2D eigenvalue weighted by molar-refractivity contribution is 6.31. The third-order valence-electron chi connectivity index (χ3n) is 7.38. The zero-order chi connectivity index (χ0) is 29.9. The van der Waals surface area contributed by atoms with E-state index in [1.165, 1.54) is 12.3 Å². The lowest BCUT2D eigenvalue weighted by molar-refractivity contribution is -0.137. The Morgan fingerprint density at radius 1 is 1.02 bits per heavy atom. The number of pyridine rings is 1. The molecule has 5 rings (SSSR count). The zero-order valence-electron chi connectivity index (χ0n) is 23.4. The fraction of sp³-hybridized carbons (Fsp3) is 0.367. The van der Waals surface area contributed by atoms with Crippen LogP contribution in [0.2, 0.25) is 5.02 Å². The zero-order valence-corrected chi connectivity index (χ0v) is 24.2. The molecule has 0 saturated carbocycles. The Bertz CT molecular complexity index is 1570. The van der Waals surface area contributed by atoms with Crippen LogP contribution in [0.3, 0.4) is 0 Å². The number of rotatable bonds is 9. The Kier molecular flexibility index (Phi) is 9.00. The van der Waals surface area contributed by atoms with Crippen molar-refractivity contribution in [3.63, 3.8) is 0 Å². The van der Waals surface area contributed by atoms with E-state index in [2.05, 4.69) is 32.1 Å². The molecule has 1 fully saturated rings. The number of carbonyl (C=O) groups is 1. The van der Waals surface area contributed by atoms with Crippen molar-refractivity contribution in [1.82, 2.24) is 29.7 Å². The van der Waals surface area contributed by atoms with Crippen LogP contribution in [0.4, 0.5) is 13.2 Å². The summed E-state index contributed by atoms with van der Waals surface area (Å²) in [5.41, 5.74) is 1.27. The van der Waals surface area contributed by atoms with E-state index >= 15 is 0 Å². The molecule has 3 heterocycles. The number of hydrogen-bond acceptors (Lipinski definition) is 6. The number of likely N-dealkylation sites (N-methyl/N-ethyl adjacent to an activating group) is 1. The van der Waals surface area contributed by atoms with E-state index in [1.807, 2.05) is 17.7 Å². The fourth-order valence-corrected chi connectivity index (χ4v) is 5.16. The van der Waals surface area contributed by atoms with Crippen molar-refractivity contribution in [2.24, 2.45) is 7.05 Å². The van der Waals surface area contributed by atoms with Crippen LogP contribution in [0.1, 0.15) is 33.9 Å². The minimum Gasteiger partial charge on any atom is -0.457 e. The lowest BCUT2D eigenvalue weighted by Crippen LogP contribution is -2.45. The van der Waals surface area contributed by atoms with Crippen molar-refractivity contribution >= 4 is 28.5 Å². The van der Waals surface area contributed by atoms with Gasteiger partial charge in [-0.2, -0.15) is 13.2 Å². The summed E-state index contributed by atoms with van der Waals surface area (Å²) in [6, 6.07) is 12.5. The third kappa shape index (κ3) is 7.21. The van der Waals surface area contributed by atoms with Crippen LogP contribution in [0, 0.1) is 0 Å². The number of aryl methyl sites for hydroxylation is 1. The highest BCUT2D eigenvalue weighted by Crippen LogP contribution is 2.35. The van der Waals surface area contributed by atoms with Crippen LogP contribution in [-0.2, 0) is 19.6 Å². The van der Waals surface area contributed by atoms with Crippen LogP contribution in [-0.4, -0.2) is 76.6 Å². The van der Waals surface area contributed by atoms with Crippen LogP contribution < -0.4 is 10.1 Å². The number of benzene rings is 2. The Labute approximate surface area is 247 Å². The summed E-state index contributed by atoms with van der Waals surface area (Å²) in [6.07, 6.45) is -1.96. The molecular weight excluding hydrogens is 569 g/mol. The molecule has 2 aromatic carbocycles. The Hall–Kier alpha value is -3.67. The number of amides is 1. The standard InChI is InChI=1S/C30H32ClF3N6O2/c1-38-12-14-40(15-13-38)11-3-9-36-29(41)26-19-22(8-10-35-26)42-21-5-7-27-25(18-21)37-28(39(27)2)17-20-4-6-24(31)23(16-20)30(32,33)34/h4-8,10,16,18-19H,3,9,11-15,17H2,1-2H3,(H,36,41). The molecule has 0 radical (unpaired) electrons. The van der Waals surface area contributed by atoms with E-state index in [0.29, 0.717) is 34.9 Å². The summed E-state index contributed by atoms with van der Waals surface area (Å²) in [6.45, 7) is 5.71. The van der Waals surface area contributed by atoms with E-state index in [4.69, 9.17) is 16.3 Å². The summed E-state index contributed by atoms with van der Waals surface area (Å²) in [5, 5.41) is 2.59. The van der Waals surface area contributed by atoms with Crippen LogP contribution >= 0.6 is 11.6 Å². The van der Waals surface area contributed by atoms with Crippen molar-refractivity contribution in [3.05, 3.63) is 82.4 Å². The molecule has 1 amide bonds. The van der Waals surface area contributed by atoms with Crippen LogP contribution in [0.25, 0.3) is 11.0 Å². The van der Waals surface area contributed by atoms with Gasteiger partial charge in [0.25, 0.3) is 5.91 Å². The first-order valence-electron chi connectivity index (χ1n) is 13.7. The molecule has 12 heteroatoms. The highest BCUT2D eigenvalue weighted by atomic mass is 35.5. The van der Waals surface area contributed by atoms with Gasteiger partial charge >= 0.3 is 6.18 Å². The smallest absolute Gasteiger partial charge is 0.417 e. The summed E-state index contributed by atoms with van der Waals surface area (Å²) < 4.78 is 47.7. The Balaban J connectivity index is 1.21. The predicted octanol–water partition coefficient (Wildman–Crippen LogP) is 5.39. The van der Waals surface area contributed by atoms with Gasteiger partial charge in [-0.25, -0.2) is 4.98 Å². The number of nitrogens with one attached hydrogen (secondary N) is 1. The summed E-state index contributed by atoms with van der Waals surface area (Å²) in [4.78, 5) is 26.2. The lowest BCUT2D eigenvalue weighted by atomic mass is 10.1. The average Bonchev–Trinajstić information content (AvgIpc) is 3.26. The van der Waals surface area contributed by atoms with Gasteiger partial charge in [0.05, 0.1) is 21.6 Å². The quantitative estimate of drug-likeness (QED) is 0.260. The number of alkyl halides is 3. The first kappa shape index (κ1) is 29.8. The van der Waals surface area contributed by atoms with E-state index in [9.17, 15) is 18.0 Å². The van der Waals surface area contributed by atoms with Crippen molar-refractivity contribution in [2.75, 3.05) is 46.3 Å². The maximum absolute atomic E-state index is 13.3. The molecule has 1 aliphatic heterocycles. The molecule has 1 saturated heterocycles. The van der Waals surface area contributed by atoms with Crippen molar-refractivity contribution in [1.29, 1.82) is 0 Å². The number of halogens is 4. The molecule has 0 spiro atoms. The van der Waals surface area contributed by atoms with Gasteiger partial charge in [-0.1, -0.05) is 17.7 Å². The molecule has 2 aromatic heterocycles. The minimum atomic E-state index is -4.54. The molecule has 42 heavy (non-hydrogen) atoms. The van der Waals surface area contributed by atoms with Gasteiger partial charge in [-0.3, -0.25) is 9.78 Å². The van der Waals surface area contributed by atoms with Crippen molar-refractivity contribution < 1.29 is 22.7 Å². The SMILES string of the molecule is CN1CCN(CCCNC(=O)c2cc(Oc3ccc4c(c3)nc(Cc3ccc(Cl)c(C(F)(F)F)c3)n4C)ccn2)CC1. The fourth-order valence-electron chi connectivity index (χ4n) is 4.93. The summed E-state index contributed by atoms with van der Waals surface area (Å²) in [7, 11) is 3.94. The number of imidazole rings is 1. The van der Waals surface area contributed by atoms with Gasteiger partial charge in [0.2, 0.25) is 0 Å². The molecule has 0 bridgehead atoms. The monoisotopic (exact) mass is 600 g/mol. The second-order valence-electron chi connectivity index (χ2n) is 10.5. The summed E-state index contributed by atoms with van der Waals surface area (Å²) in [5.74, 6) is 1.28. The maximum atomic E-state index is 13.3. The van der Waals surface area contributed by atoms with E-state index in [1.54, 1.807) is 30.3 Å². The Morgan fingerprint density at radius 2 is 1.79 bits per heavy atom. The molecule has 1 N–H and O–H groups in total. The van der Waals surface area contributed by atoms with Gasteiger partial charge in [-0.05, 0) is 55.9 Å². The number of aromatic nitrogens is 3. The van der Waals surface area contributed by atoms with Gasteiger partial charge in [0, 0.05) is 64.5 Å². The molecular formula is C30H32ClF3N6O2. The van der Waals surface area contributed by atoms with Gasteiger partial charge in [0.15, 0.2) is 0 Å². The van der Waals surface area contributed by atoms with Crippen LogP contribution in [0.15, 0.2) is 54.7 Å². The second kappa shape index (κ2) is 12.7. The van der Waals surface area contributed by atoms with Crippen molar-refractivity contribution in [3.8, 4) is 11.5 Å². The minimum absolute atomic E-state index is 0.194. The van der Waals surface area contributed by atoms with E-state index in [0.717, 1.165) is 50.7 Å². The van der Waals surface area contributed by atoms with Gasteiger partial charge in [-0.15, -0.1) is 0 Å². The normalized spacial score (nSPS) is 14.8. The predicted molar refractivity (Wildman–Crippen MR) is 155 cm³/mol. The Morgan fingerprint density at radius 3 is 2.55 bits per heavy atom. The maximum Gasteiger partial charge on any atom is 0.417 e. The molecule has 8 nitrogen and oxygen atoms in total. The van der Waals surface area contributed by atoms with Gasteiger partial charge in [0.1, 0.15) is 23.0 Å². The van der Waals surface area contributed by atoms with E-state index in [-0.39, 0.29) is 23.0 Å². The largest absolute Gasteiger partial charge is 0.457 e. The average molecular weight is 601 g/mol. The topological polar surface area (TPSA) is 75.5 Å². The molecule has 0 atom stereocenters. The number of carbonyl (C=O) groups excluding carboxylic acids is 1. The first-order valence-corrected chi connectivity index (χ1v) is 14.1. The third-order valence-corrected chi connectivity index (χ3v) is 7.71. The van der Waals surface area contributed by atoms with Crippen LogP contribution in [0.5, 0.6) is 11.5 Å². The number of hydrogen-bond donors (Lipinski definition) is 1. The molecule has 0 unspecified atom stereocenters. The second-order valence-corrected chi connectivity index (χ2v) is 10.9. The highest BCUT2D eigenvalue weighted by Gasteiger charge is 2.33. The van der Waals surface area contributed by atoms with Gasteiger partial charge < -0.3 is 24.4 Å². The summed E-state index contributed by atoms with van der Waals surface area (Å²) >= 11 is 5.77. The number of piperazine rings is 1. The lowest BCUT2D eigenvalue weighted by Gasteiger charge is -2.32. The number of ether oxygens (including phenoxy) is 1. The molecule has 1 aliphatic rings.